The van der Waals surface area contributed by atoms with Crippen molar-refractivity contribution in [3.63, 3.8) is 0 Å². The number of nitrogens with one attached hydrogen (secondary N) is 1. The quantitative estimate of drug-likeness (QED) is 0.820. The molecule has 5 nitrogen and oxygen atoms in total. The zero-order valence-electron chi connectivity index (χ0n) is 12.8. The number of hydrogen-bond donors (Lipinski definition) is 2. The number of rotatable bonds is 5. The number of ether oxygens (including phenoxy) is 1. The minimum Gasteiger partial charge on any atom is -0.481 e. The summed E-state index contributed by atoms with van der Waals surface area (Å²) >= 11 is 3.51. The van der Waals surface area contributed by atoms with Gasteiger partial charge in [0.15, 0.2) is 0 Å². The van der Waals surface area contributed by atoms with Crippen molar-refractivity contribution in [2.24, 2.45) is 11.8 Å². The summed E-state index contributed by atoms with van der Waals surface area (Å²) in [6.45, 7) is 1.86. The van der Waals surface area contributed by atoms with Crippen molar-refractivity contribution in [2.75, 3.05) is 19.8 Å². The Labute approximate surface area is 143 Å². The molecule has 2 fully saturated rings. The Kier molecular flexibility index (Phi) is 4.73. The van der Waals surface area contributed by atoms with Crippen LogP contribution in [0.15, 0.2) is 28.7 Å². The van der Waals surface area contributed by atoms with Gasteiger partial charge < -0.3 is 15.2 Å². The van der Waals surface area contributed by atoms with E-state index < -0.39 is 11.9 Å². The minimum absolute atomic E-state index is 0.140. The standard InChI is InChI=1S/C17H20BrNO4/c18-12-3-1-2-11(8-12)17(4-6-23-7-5-17)10-19-15(20)13-9-14(13)16(21)22/h1-3,8,13-14H,4-7,9-10H2,(H,19,20)(H,21,22)/t13-,14+/m0/s1. The molecule has 1 aromatic rings. The number of carbonyl (C=O) groups is 2. The van der Waals surface area contributed by atoms with Crippen LogP contribution in [0.4, 0.5) is 0 Å². The first-order chi connectivity index (χ1) is 11.0. The Morgan fingerprint density at radius 2 is 2.04 bits per heavy atom. The van der Waals surface area contributed by atoms with Crippen LogP contribution in [0.25, 0.3) is 0 Å². The van der Waals surface area contributed by atoms with E-state index >= 15 is 0 Å². The van der Waals surface area contributed by atoms with E-state index in [1.54, 1.807) is 0 Å². The molecule has 2 N–H and O–H groups in total. The number of halogens is 1. The molecular formula is C17H20BrNO4. The molecule has 1 aromatic carbocycles. The van der Waals surface area contributed by atoms with Crippen molar-refractivity contribution < 1.29 is 19.4 Å². The predicted octanol–water partition coefficient (Wildman–Crippen LogP) is 2.33. The molecule has 0 spiro atoms. The molecule has 3 rings (SSSR count). The van der Waals surface area contributed by atoms with E-state index in [4.69, 9.17) is 9.84 Å². The van der Waals surface area contributed by atoms with Crippen LogP contribution in [0.3, 0.4) is 0 Å². The second-order valence-corrected chi connectivity index (χ2v) is 7.32. The molecule has 1 heterocycles. The first-order valence-corrected chi connectivity index (χ1v) is 8.65. The number of aliphatic carboxylic acids is 1. The number of carboxylic acid groups (broad SMARTS) is 1. The van der Waals surface area contributed by atoms with Gasteiger partial charge in [0.2, 0.25) is 5.91 Å². The summed E-state index contributed by atoms with van der Waals surface area (Å²) in [5.41, 5.74) is 1.03. The molecule has 124 valence electrons. The number of amides is 1. The van der Waals surface area contributed by atoms with Crippen LogP contribution >= 0.6 is 15.9 Å². The van der Waals surface area contributed by atoms with Gasteiger partial charge in [-0.2, -0.15) is 0 Å². The minimum atomic E-state index is -0.877. The van der Waals surface area contributed by atoms with Crippen LogP contribution < -0.4 is 5.32 Å². The van der Waals surface area contributed by atoms with E-state index in [1.807, 2.05) is 12.1 Å². The van der Waals surface area contributed by atoms with Gasteiger partial charge in [-0.25, -0.2) is 0 Å². The molecule has 1 aliphatic carbocycles. The maximum absolute atomic E-state index is 12.2. The Hall–Kier alpha value is -1.40. The van der Waals surface area contributed by atoms with E-state index in [0.717, 1.165) is 17.3 Å². The predicted molar refractivity (Wildman–Crippen MR) is 88.1 cm³/mol. The van der Waals surface area contributed by atoms with Crippen molar-refractivity contribution in [1.29, 1.82) is 0 Å². The van der Waals surface area contributed by atoms with Crippen LogP contribution in [0, 0.1) is 11.8 Å². The molecule has 1 aliphatic heterocycles. The van der Waals surface area contributed by atoms with E-state index in [2.05, 4.69) is 33.4 Å². The lowest BCUT2D eigenvalue weighted by Gasteiger charge is -2.38. The van der Waals surface area contributed by atoms with Gasteiger partial charge in [-0.3, -0.25) is 9.59 Å². The largest absolute Gasteiger partial charge is 0.481 e. The summed E-state index contributed by atoms with van der Waals surface area (Å²) < 4.78 is 6.50. The number of carboxylic acids is 1. The van der Waals surface area contributed by atoms with Crippen molar-refractivity contribution in [3.05, 3.63) is 34.3 Å². The fourth-order valence-corrected chi connectivity index (χ4v) is 3.69. The summed E-state index contributed by atoms with van der Waals surface area (Å²) in [6.07, 6.45) is 2.14. The third-order valence-corrected chi connectivity index (χ3v) is 5.43. The van der Waals surface area contributed by atoms with Gasteiger partial charge in [0.05, 0.1) is 11.8 Å². The summed E-state index contributed by atoms with van der Waals surface area (Å²) in [4.78, 5) is 23.1. The van der Waals surface area contributed by atoms with E-state index in [-0.39, 0.29) is 17.2 Å². The smallest absolute Gasteiger partial charge is 0.307 e. The van der Waals surface area contributed by atoms with Gasteiger partial charge in [-0.05, 0) is 37.0 Å². The van der Waals surface area contributed by atoms with Gasteiger partial charge in [-0.1, -0.05) is 28.1 Å². The van der Waals surface area contributed by atoms with Gasteiger partial charge in [-0.15, -0.1) is 0 Å². The van der Waals surface area contributed by atoms with Gasteiger partial charge in [0.25, 0.3) is 0 Å². The SMILES string of the molecule is O=C(NCC1(c2cccc(Br)c2)CCOCC1)[C@H]1C[C@H]1C(=O)O. The highest BCUT2D eigenvalue weighted by molar-refractivity contribution is 9.10. The normalized spacial score (nSPS) is 25.6. The Balaban J connectivity index is 1.70. The third-order valence-electron chi connectivity index (χ3n) is 4.93. The number of benzene rings is 1. The van der Waals surface area contributed by atoms with Crippen molar-refractivity contribution in [2.45, 2.75) is 24.7 Å². The van der Waals surface area contributed by atoms with Gasteiger partial charge >= 0.3 is 5.97 Å². The van der Waals surface area contributed by atoms with Crippen molar-refractivity contribution in [3.8, 4) is 0 Å². The molecule has 0 aromatic heterocycles. The van der Waals surface area contributed by atoms with Gasteiger partial charge in [0, 0.05) is 29.6 Å². The van der Waals surface area contributed by atoms with Crippen LogP contribution in [0.2, 0.25) is 0 Å². The van der Waals surface area contributed by atoms with E-state index in [1.165, 1.54) is 5.56 Å². The first kappa shape index (κ1) is 16.5. The highest BCUT2D eigenvalue weighted by Crippen LogP contribution is 2.40. The van der Waals surface area contributed by atoms with Crippen molar-refractivity contribution in [1.82, 2.24) is 5.32 Å². The molecule has 0 bridgehead atoms. The highest BCUT2D eigenvalue weighted by atomic mass is 79.9. The third kappa shape index (κ3) is 3.58. The van der Waals surface area contributed by atoms with Crippen molar-refractivity contribution >= 4 is 27.8 Å². The lowest BCUT2D eigenvalue weighted by molar-refractivity contribution is -0.140. The average Bonchev–Trinajstić information content (AvgIpc) is 3.34. The summed E-state index contributed by atoms with van der Waals surface area (Å²) in [5.74, 6) is -1.89. The second-order valence-electron chi connectivity index (χ2n) is 6.41. The molecule has 1 saturated heterocycles. The molecule has 1 saturated carbocycles. The fourth-order valence-electron chi connectivity index (χ4n) is 3.29. The fraction of sp³-hybridized carbons (Fsp3) is 0.529. The zero-order chi connectivity index (χ0) is 16.4. The Morgan fingerprint density at radius 3 is 2.65 bits per heavy atom. The topological polar surface area (TPSA) is 75.6 Å². The molecule has 2 atom stereocenters. The maximum atomic E-state index is 12.2. The molecule has 0 unspecified atom stereocenters. The monoisotopic (exact) mass is 381 g/mol. The molecule has 6 heteroatoms. The lowest BCUT2D eigenvalue weighted by Crippen LogP contribution is -2.45. The van der Waals surface area contributed by atoms with E-state index in [9.17, 15) is 9.59 Å². The molecule has 1 amide bonds. The summed E-state index contributed by atoms with van der Waals surface area (Å²) in [6, 6.07) is 8.16. The molecule has 2 aliphatic rings. The van der Waals surface area contributed by atoms with Crippen LogP contribution in [-0.4, -0.2) is 36.7 Å². The van der Waals surface area contributed by atoms with Crippen LogP contribution in [0.5, 0.6) is 0 Å². The molecular weight excluding hydrogens is 362 g/mol. The average molecular weight is 382 g/mol. The highest BCUT2D eigenvalue weighted by Gasteiger charge is 2.48. The Bertz CT molecular complexity index is 612. The summed E-state index contributed by atoms with van der Waals surface area (Å²) in [5, 5.41) is 11.9. The first-order valence-electron chi connectivity index (χ1n) is 7.86. The lowest BCUT2D eigenvalue weighted by atomic mass is 9.74. The maximum Gasteiger partial charge on any atom is 0.307 e. The second kappa shape index (κ2) is 6.61. The zero-order valence-corrected chi connectivity index (χ0v) is 14.3. The number of carbonyl (C=O) groups excluding carboxylic acids is 1. The molecule has 23 heavy (non-hydrogen) atoms. The Morgan fingerprint density at radius 1 is 1.30 bits per heavy atom. The number of hydrogen-bond acceptors (Lipinski definition) is 3. The van der Waals surface area contributed by atoms with Crippen LogP contribution in [0.1, 0.15) is 24.8 Å². The van der Waals surface area contributed by atoms with Crippen LogP contribution in [-0.2, 0) is 19.7 Å². The summed E-state index contributed by atoms with van der Waals surface area (Å²) in [7, 11) is 0. The van der Waals surface area contributed by atoms with Gasteiger partial charge in [0.1, 0.15) is 0 Å². The molecule has 0 radical (unpaired) electrons. The van der Waals surface area contributed by atoms with E-state index in [0.29, 0.717) is 26.2 Å².